The Morgan fingerprint density at radius 1 is 1.37 bits per heavy atom. The molecule has 4 nitrogen and oxygen atoms in total. The molecule has 0 heterocycles. The van der Waals surface area contributed by atoms with Crippen LogP contribution in [0.4, 0.5) is 0 Å². The molecule has 0 aliphatic carbocycles. The monoisotopic (exact) mass is 264 g/mol. The first-order valence-electron chi connectivity index (χ1n) is 6.60. The Kier molecular flexibility index (Phi) is 5.36. The minimum atomic E-state index is -0.0153. The van der Waals surface area contributed by atoms with Gasteiger partial charge >= 0.3 is 0 Å². The average molecular weight is 264 g/mol. The van der Waals surface area contributed by atoms with Crippen molar-refractivity contribution in [3.63, 3.8) is 0 Å². The van der Waals surface area contributed by atoms with Crippen LogP contribution in [0.25, 0.3) is 0 Å². The molecule has 0 aliphatic rings. The van der Waals surface area contributed by atoms with Gasteiger partial charge in [0, 0.05) is 17.6 Å². The van der Waals surface area contributed by atoms with Crippen molar-refractivity contribution in [2.75, 3.05) is 13.6 Å². The number of phenolic OH excluding ortho intramolecular Hbond substituents is 1. The normalized spacial score (nSPS) is 12.8. The number of carbonyl (C=O) groups excluding carboxylic acids is 1. The summed E-state index contributed by atoms with van der Waals surface area (Å²) in [5.41, 5.74) is 1.86. The summed E-state index contributed by atoms with van der Waals surface area (Å²) >= 11 is 0. The quantitative estimate of drug-likeness (QED) is 0.857. The SMILES string of the molecule is Cc1ccc(C(C)N(C)CC(=O)NC(C)C)c(O)c1. The van der Waals surface area contributed by atoms with Crippen molar-refractivity contribution in [2.45, 2.75) is 39.8 Å². The Bertz CT molecular complexity index is 444. The Morgan fingerprint density at radius 3 is 2.53 bits per heavy atom. The van der Waals surface area contributed by atoms with E-state index in [-0.39, 0.29) is 23.7 Å². The first kappa shape index (κ1) is 15.5. The van der Waals surface area contributed by atoms with Crippen LogP contribution in [0.2, 0.25) is 0 Å². The molecule has 0 bridgehead atoms. The van der Waals surface area contributed by atoms with E-state index in [1.807, 2.05) is 51.8 Å². The highest BCUT2D eigenvalue weighted by atomic mass is 16.3. The molecule has 0 spiro atoms. The summed E-state index contributed by atoms with van der Waals surface area (Å²) in [4.78, 5) is 13.6. The second kappa shape index (κ2) is 6.57. The topological polar surface area (TPSA) is 52.6 Å². The Labute approximate surface area is 115 Å². The number of carbonyl (C=O) groups is 1. The third kappa shape index (κ3) is 4.56. The van der Waals surface area contributed by atoms with E-state index in [9.17, 15) is 9.90 Å². The van der Waals surface area contributed by atoms with Crippen LogP contribution < -0.4 is 5.32 Å². The van der Waals surface area contributed by atoms with Crippen molar-refractivity contribution in [1.29, 1.82) is 0 Å². The molecule has 2 N–H and O–H groups in total. The zero-order valence-electron chi connectivity index (χ0n) is 12.4. The van der Waals surface area contributed by atoms with Crippen molar-refractivity contribution < 1.29 is 9.90 Å². The molecule has 0 saturated carbocycles. The number of phenols is 1. The molecule has 0 aliphatic heterocycles. The van der Waals surface area contributed by atoms with Gasteiger partial charge in [0.25, 0.3) is 0 Å². The van der Waals surface area contributed by atoms with Gasteiger partial charge in [-0.2, -0.15) is 0 Å². The summed E-state index contributed by atoms with van der Waals surface area (Å²) in [5.74, 6) is 0.277. The largest absolute Gasteiger partial charge is 0.508 e. The highest BCUT2D eigenvalue weighted by Crippen LogP contribution is 2.28. The molecule has 0 radical (unpaired) electrons. The molecule has 4 heteroatoms. The fourth-order valence-corrected chi connectivity index (χ4v) is 1.98. The van der Waals surface area contributed by atoms with Crippen molar-refractivity contribution in [2.24, 2.45) is 0 Å². The predicted octanol–water partition coefficient (Wildman–Crippen LogP) is 2.22. The first-order chi connectivity index (χ1) is 8.81. The molecule has 1 rings (SSSR count). The van der Waals surface area contributed by atoms with Gasteiger partial charge in [0.05, 0.1) is 6.54 Å². The van der Waals surface area contributed by atoms with Crippen LogP contribution >= 0.6 is 0 Å². The lowest BCUT2D eigenvalue weighted by atomic mass is 10.0. The second-order valence-electron chi connectivity index (χ2n) is 5.38. The maximum absolute atomic E-state index is 11.7. The number of amides is 1. The van der Waals surface area contributed by atoms with Gasteiger partial charge in [-0.3, -0.25) is 9.69 Å². The lowest BCUT2D eigenvalue weighted by Gasteiger charge is -2.25. The van der Waals surface area contributed by atoms with Crippen molar-refractivity contribution in [3.8, 4) is 5.75 Å². The second-order valence-corrected chi connectivity index (χ2v) is 5.38. The van der Waals surface area contributed by atoms with Gasteiger partial charge in [0.15, 0.2) is 0 Å². The van der Waals surface area contributed by atoms with E-state index < -0.39 is 0 Å². The number of hydrogen-bond donors (Lipinski definition) is 2. The van der Waals surface area contributed by atoms with Gasteiger partial charge in [-0.25, -0.2) is 0 Å². The first-order valence-corrected chi connectivity index (χ1v) is 6.60. The predicted molar refractivity (Wildman–Crippen MR) is 77.2 cm³/mol. The molecule has 1 aromatic carbocycles. The smallest absolute Gasteiger partial charge is 0.234 e. The minimum Gasteiger partial charge on any atom is -0.508 e. The van der Waals surface area contributed by atoms with Crippen LogP contribution in [-0.2, 0) is 4.79 Å². The van der Waals surface area contributed by atoms with Crippen LogP contribution in [-0.4, -0.2) is 35.5 Å². The van der Waals surface area contributed by atoms with Crippen LogP contribution in [0.3, 0.4) is 0 Å². The van der Waals surface area contributed by atoms with E-state index in [0.717, 1.165) is 11.1 Å². The maximum atomic E-state index is 11.7. The van der Waals surface area contributed by atoms with Crippen LogP contribution in [0, 0.1) is 6.92 Å². The molecule has 0 saturated heterocycles. The number of aryl methyl sites for hydroxylation is 1. The van der Waals surface area contributed by atoms with E-state index in [4.69, 9.17) is 0 Å². The van der Waals surface area contributed by atoms with Gasteiger partial charge < -0.3 is 10.4 Å². The zero-order valence-corrected chi connectivity index (χ0v) is 12.4. The molecule has 0 aromatic heterocycles. The van der Waals surface area contributed by atoms with Crippen LogP contribution in [0.15, 0.2) is 18.2 Å². The number of nitrogens with one attached hydrogen (secondary N) is 1. The summed E-state index contributed by atoms with van der Waals surface area (Å²) in [5, 5.41) is 12.8. The number of aromatic hydroxyl groups is 1. The van der Waals surface area contributed by atoms with Gasteiger partial charge in [0.2, 0.25) is 5.91 Å². The van der Waals surface area contributed by atoms with Crippen LogP contribution in [0.1, 0.15) is 37.9 Å². The summed E-state index contributed by atoms with van der Waals surface area (Å²) in [6.45, 7) is 8.11. The number of hydrogen-bond acceptors (Lipinski definition) is 3. The summed E-state index contributed by atoms with van der Waals surface area (Å²) in [6.07, 6.45) is 0. The van der Waals surface area contributed by atoms with E-state index in [0.29, 0.717) is 6.54 Å². The standard InChI is InChI=1S/C15H24N2O2/c1-10(2)16-15(19)9-17(5)12(4)13-7-6-11(3)8-14(13)18/h6-8,10,12,18H,9H2,1-5H3,(H,16,19). The molecular weight excluding hydrogens is 240 g/mol. The highest BCUT2D eigenvalue weighted by Gasteiger charge is 2.17. The Balaban J connectivity index is 2.71. The minimum absolute atomic E-state index is 0.00375. The highest BCUT2D eigenvalue weighted by molar-refractivity contribution is 5.78. The van der Waals surface area contributed by atoms with Gasteiger partial charge in [-0.15, -0.1) is 0 Å². The molecule has 106 valence electrons. The molecule has 1 unspecified atom stereocenters. The molecule has 0 fully saturated rings. The van der Waals surface area contributed by atoms with Crippen LogP contribution in [0.5, 0.6) is 5.75 Å². The molecule has 1 aromatic rings. The van der Waals surface area contributed by atoms with E-state index in [2.05, 4.69) is 5.32 Å². The number of likely N-dealkylation sites (N-methyl/N-ethyl adjacent to an activating group) is 1. The fourth-order valence-electron chi connectivity index (χ4n) is 1.98. The maximum Gasteiger partial charge on any atom is 0.234 e. The van der Waals surface area contributed by atoms with Gasteiger partial charge in [0.1, 0.15) is 5.75 Å². The van der Waals surface area contributed by atoms with Crippen molar-refractivity contribution in [3.05, 3.63) is 29.3 Å². The lowest BCUT2D eigenvalue weighted by molar-refractivity contribution is -0.122. The fraction of sp³-hybridized carbons (Fsp3) is 0.533. The molecule has 1 amide bonds. The van der Waals surface area contributed by atoms with E-state index in [1.54, 1.807) is 6.07 Å². The molecule has 1 atom stereocenters. The number of benzene rings is 1. The van der Waals surface area contributed by atoms with Gasteiger partial charge in [-0.05, 0) is 46.4 Å². The summed E-state index contributed by atoms with van der Waals surface area (Å²) < 4.78 is 0. The van der Waals surface area contributed by atoms with Crippen molar-refractivity contribution >= 4 is 5.91 Å². The molecule has 19 heavy (non-hydrogen) atoms. The molecular formula is C15H24N2O2. The zero-order chi connectivity index (χ0) is 14.6. The third-order valence-electron chi connectivity index (χ3n) is 3.14. The Hall–Kier alpha value is -1.55. The number of nitrogens with zero attached hydrogens (tertiary/aromatic N) is 1. The van der Waals surface area contributed by atoms with Crippen molar-refractivity contribution in [1.82, 2.24) is 10.2 Å². The third-order valence-corrected chi connectivity index (χ3v) is 3.14. The summed E-state index contributed by atoms with van der Waals surface area (Å²) in [6, 6.07) is 5.75. The van der Waals surface area contributed by atoms with Gasteiger partial charge in [-0.1, -0.05) is 12.1 Å². The number of rotatable bonds is 5. The average Bonchev–Trinajstić information content (AvgIpc) is 2.26. The van der Waals surface area contributed by atoms with E-state index >= 15 is 0 Å². The Morgan fingerprint density at radius 2 is 2.00 bits per heavy atom. The summed E-state index contributed by atoms with van der Waals surface area (Å²) in [7, 11) is 1.88. The van der Waals surface area contributed by atoms with E-state index in [1.165, 1.54) is 0 Å². The lowest BCUT2D eigenvalue weighted by Crippen LogP contribution is -2.39.